The molecule has 1 atom stereocenters. The van der Waals surface area contributed by atoms with Gasteiger partial charge in [-0.15, -0.1) is 0 Å². The average molecular weight is 268 g/mol. The minimum absolute atomic E-state index is 0.318. The quantitative estimate of drug-likeness (QED) is 0.910. The number of alkyl halides is 3. The zero-order valence-corrected chi connectivity index (χ0v) is 10.0. The first-order valence-electron chi connectivity index (χ1n) is 5.51. The van der Waals surface area contributed by atoms with Crippen molar-refractivity contribution in [1.29, 1.82) is 0 Å². The molecule has 2 rings (SSSR count). The first-order valence-corrected chi connectivity index (χ1v) is 5.51. The molecule has 0 amide bonds. The van der Waals surface area contributed by atoms with Gasteiger partial charge < -0.3 is 5.11 Å². The summed E-state index contributed by atoms with van der Waals surface area (Å²) in [5.41, 5.74) is 1.40. The number of aliphatic hydroxyl groups is 1. The molecule has 1 heterocycles. The summed E-state index contributed by atoms with van der Waals surface area (Å²) >= 11 is 0. The van der Waals surface area contributed by atoms with Gasteiger partial charge >= 0.3 is 6.18 Å². The molecule has 0 saturated heterocycles. The zero-order chi connectivity index (χ0) is 14.0. The van der Waals surface area contributed by atoms with Crippen molar-refractivity contribution in [3.63, 3.8) is 0 Å². The third kappa shape index (κ3) is 3.08. The third-order valence-corrected chi connectivity index (χ3v) is 2.61. The van der Waals surface area contributed by atoms with Crippen LogP contribution in [0.3, 0.4) is 0 Å². The monoisotopic (exact) mass is 268 g/mol. The van der Waals surface area contributed by atoms with Crippen LogP contribution < -0.4 is 0 Å². The maximum Gasteiger partial charge on any atom is 0.418 e. The second kappa shape index (κ2) is 4.97. The van der Waals surface area contributed by atoms with Gasteiger partial charge in [0.1, 0.15) is 0 Å². The maximum atomic E-state index is 12.3. The van der Waals surface area contributed by atoms with Gasteiger partial charge in [0, 0.05) is 23.5 Å². The Morgan fingerprint density at radius 2 is 1.58 bits per heavy atom. The molecule has 0 bridgehead atoms. The lowest BCUT2D eigenvalue weighted by molar-refractivity contribution is -0.206. The number of halogens is 3. The number of rotatable bonds is 2. The molecule has 0 aliphatic rings. The van der Waals surface area contributed by atoms with E-state index in [4.69, 9.17) is 5.11 Å². The second-order valence-electron chi connectivity index (χ2n) is 4.15. The van der Waals surface area contributed by atoms with E-state index in [1.165, 1.54) is 0 Å². The summed E-state index contributed by atoms with van der Waals surface area (Å²) in [4.78, 5) is 7.68. The Morgan fingerprint density at radius 1 is 1.05 bits per heavy atom. The molecule has 2 aromatic rings. The van der Waals surface area contributed by atoms with Crippen molar-refractivity contribution in [2.45, 2.75) is 19.2 Å². The van der Waals surface area contributed by atoms with Gasteiger partial charge in [-0.25, -0.2) is 9.97 Å². The van der Waals surface area contributed by atoms with E-state index in [0.29, 0.717) is 11.4 Å². The lowest BCUT2D eigenvalue weighted by atomic mass is 10.1. The molecule has 0 fully saturated rings. The Labute approximate surface area is 107 Å². The first-order chi connectivity index (χ1) is 8.88. The van der Waals surface area contributed by atoms with Gasteiger partial charge in [-0.2, -0.15) is 13.2 Å². The van der Waals surface area contributed by atoms with Gasteiger partial charge in [0.25, 0.3) is 0 Å². The van der Waals surface area contributed by atoms with Crippen LogP contribution in [0.5, 0.6) is 0 Å². The van der Waals surface area contributed by atoms with E-state index in [0.717, 1.165) is 18.0 Å². The van der Waals surface area contributed by atoms with Crippen LogP contribution >= 0.6 is 0 Å². The minimum Gasteiger partial charge on any atom is -0.379 e. The van der Waals surface area contributed by atoms with Crippen LogP contribution in [-0.2, 0) is 0 Å². The summed E-state index contributed by atoms with van der Waals surface area (Å²) in [7, 11) is 0. The fourth-order valence-electron chi connectivity index (χ4n) is 1.52. The van der Waals surface area contributed by atoms with Crippen molar-refractivity contribution in [1.82, 2.24) is 9.97 Å². The second-order valence-corrected chi connectivity index (χ2v) is 4.15. The van der Waals surface area contributed by atoms with E-state index in [2.05, 4.69) is 9.97 Å². The average Bonchev–Trinajstić information content (AvgIpc) is 2.38. The van der Waals surface area contributed by atoms with Crippen LogP contribution in [0.25, 0.3) is 11.4 Å². The van der Waals surface area contributed by atoms with E-state index in [9.17, 15) is 13.2 Å². The number of aliphatic hydroxyl groups excluding tert-OH is 1. The van der Waals surface area contributed by atoms with Crippen molar-refractivity contribution in [3.8, 4) is 11.4 Å². The Bertz CT molecular complexity index is 550. The van der Waals surface area contributed by atoms with Crippen LogP contribution in [0.4, 0.5) is 13.2 Å². The lowest BCUT2D eigenvalue weighted by Crippen LogP contribution is -2.20. The molecule has 0 spiro atoms. The maximum absolute atomic E-state index is 12.3. The number of hydrogen-bond acceptors (Lipinski definition) is 3. The summed E-state index contributed by atoms with van der Waals surface area (Å²) in [5.74, 6) is 0.318. The number of benzene rings is 1. The molecule has 0 saturated carbocycles. The fraction of sp³-hybridized carbons (Fsp3) is 0.231. The van der Waals surface area contributed by atoms with Crippen LogP contribution in [0.1, 0.15) is 17.2 Å². The molecule has 0 radical (unpaired) electrons. The topological polar surface area (TPSA) is 46.0 Å². The summed E-state index contributed by atoms with van der Waals surface area (Å²) in [6.45, 7) is 1.92. The van der Waals surface area contributed by atoms with Crippen molar-refractivity contribution >= 4 is 0 Å². The summed E-state index contributed by atoms with van der Waals surface area (Å²) in [5, 5.41) is 9.05. The molecule has 1 N–H and O–H groups in total. The van der Waals surface area contributed by atoms with Crippen molar-refractivity contribution in [2.75, 3.05) is 0 Å². The van der Waals surface area contributed by atoms with Crippen molar-refractivity contribution < 1.29 is 18.3 Å². The predicted octanol–water partition coefficient (Wildman–Crippen LogP) is 3.05. The highest BCUT2D eigenvalue weighted by atomic mass is 19.4. The molecule has 6 heteroatoms. The Kier molecular flexibility index (Phi) is 3.53. The van der Waals surface area contributed by atoms with Crippen LogP contribution in [0, 0.1) is 6.92 Å². The highest BCUT2D eigenvalue weighted by Gasteiger charge is 2.39. The standard InChI is InChI=1S/C13H11F3N2O/c1-8-2-4-9(5-3-8)12-17-6-10(7-18-12)11(19)13(14,15)16/h2-7,11,19H,1H3. The van der Waals surface area contributed by atoms with E-state index in [1.54, 1.807) is 12.1 Å². The van der Waals surface area contributed by atoms with E-state index in [1.807, 2.05) is 19.1 Å². The van der Waals surface area contributed by atoms with Gasteiger partial charge in [-0.05, 0) is 6.92 Å². The molecule has 0 aliphatic carbocycles. The van der Waals surface area contributed by atoms with Crippen LogP contribution in [0.2, 0.25) is 0 Å². The van der Waals surface area contributed by atoms with Gasteiger partial charge in [0.15, 0.2) is 11.9 Å². The highest BCUT2D eigenvalue weighted by Crippen LogP contribution is 2.31. The summed E-state index contributed by atoms with van der Waals surface area (Å²) in [6, 6.07) is 7.28. The van der Waals surface area contributed by atoms with E-state index in [-0.39, 0.29) is 5.56 Å². The number of aryl methyl sites for hydroxylation is 1. The summed E-state index contributed by atoms with van der Waals surface area (Å²) in [6.07, 6.45) is -5.30. The summed E-state index contributed by atoms with van der Waals surface area (Å²) < 4.78 is 36.9. The number of nitrogens with zero attached hydrogens (tertiary/aromatic N) is 2. The molecular weight excluding hydrogens is 257 g/mol. The fourth-order valence-corrected chi connectivity index (χ4v) is 1.52. The molecule has 3 nitrogen and oxygen atoms in total. The van der Waals surface area contributed by atoms with Crippen molar-refractivity contribution in [3.05, 3.63) is 47.8 Å². The van der Waals surface area contributed by atoms with Gasteiger partial charge in [0.05, 0.1) is 0 Å². The van der Waals surface area contributed by atoms with Gasteiger partial charge in [0.2, 0.25) is 0 Å². The minimum atomic E-state index is -4.71. The highest BCUT2D eigenvalue weighted by molar-refractivity contribution is 5.54. The normalized spacial score (nSPS) is 13.3. The largest absolute Gasteiger partial charge is 0.418 e. The molecule has 1 unspecified atom stereocenters. The molecule has 1 aromatic carbocycles. The van der Waals surface area contributed by atoms with Crippen molar-refractivity contribution in [2.24, 2.45) is 0 Å². The number of aromatic nitrogens is 2. The van der Waals surface area contributed by atoms with Gasteiger partial charge in [-0.1, -0.05) is 29.8 Å². The number of hydrogen-bond donors (Lipinski definition) is 1. The Hall–Kier alpha value is -1.95. The van der Waals surface area contributed by atoms with Crippen LogP contribution in [0.15, 0.2) is 36.7 Å². The third-order valence-electron chi connectivity index (χ3n) is 2.61. The molecule has 100 valence electrons. The smallest absolute Gasteiger partial charge is 0.379 e. The SMILES string of the molecule is Cc1ccc(-c2ncc(C(O)C(F)(F)F)cn2)cc1. The Morgan fingerprint density at radius 3 is 2.05 bits per heavy atom. The van der Waals surface area contributed by atoms with Crippen LogP contribution in [-0.4, -0.2) is 21.3 Å². The predicted molar refractivity (Wildman–Crippen MR) is 63.2 cm³/mol. The molecule has 0 aliphatic heterocycles. The molecular formula is C13H11F3N2O. The van der Waals surface area contributed by atoms with Gasteiger partial charge in [-0.3, -0.25) is 0 Å². The molecule has 19 heavy (non-hydrogen) atoms. The zero-order valence-electron chi connectivity index (χ0n) is 10.0. The first kappa shape index (κ1) is 13.5. The molecule has 1 aromatic heterocycles. The van der Waals surface area contributed by atoms with E-state index >= 15 is 0 Å². The Balaban J connectivity index is 2.26. The van der Waals surface area contributed by atoms with E-state index < -0.39 is 12.3 Å². The lowest BCUT2D eigenvalue weighted by Gasteiger charge is -2.14.